The molecule has 0 aliphatic carbocycles. The smallest absolute Gasteiger partial charge is 0.348 e. The third kappa shape index (κ3) is 2.08. The van der Waals surface area contributed by atoms with E-state index in [-0.39, 0.29) is 12.1 Å². The lowest BCUT2D eigenvalue weighted by molar-refractivity contribution is -0.136. The number of fused-ring (bicyclic) bond motifs is 1. The van der Waals surface area contributed by atoms with Crippen molar-refractivity contribution >= 4 is 11.6 Å². The number of aromatic nitrogens is 6. The maximum atomic E-state index is 11.4. The minimum atomic E-state index is -0.914. The van der Waals surface area contributed by atoms with Gasteiger partial charge in [-0.05, 0) is 13.8 Å². The Labute approximate surface area is 117 Å². The molecule has 3 aromatic rings. The molecule has 0 saturated heterocycles. The highest BCUT2D eigenvalue weighted by molar-refractivity contribution is 5.71. The topological polar surface area (TPSA) is 118 Å². The lowest BCUT2D eigenvalue weighted by atomic mass is 10.1. The van der Waals surface area contributed by atoms with Crippen LogP contribution >= 0.6 is 0 Å². The number of carboxylic acid groups (broad SMARTS) is 1. The molecule has 0 aromatic carbocycles. The van der Waals surface area contributed by atoms with Crippen LogP contribution in [-0.2, 0) is 11.2 Å². The summed E-state index contributed by atoms with van der Waals surface area (Å²) in [5.41, 5.74) is 2.03. The van der Waals surface area contributed by atoms with Crippen molar-refractivity contribution in [1.29, 1.82) is 0 Å². The van der Waals surface area contributed by atoms with Gasteiger partial charge in [0, 0.05) is 17.3 Å². The van der Waals surface area contributed by atoms with Crippen LogP contribution in [0.4, 0.5) is 0 Å². The van der Waals surface area contributed by atoms with Crippen LogP contribution in [0, 0.1) is 13.8 Å². The van der Waals surface area contributed by atoms with E-state index in [0.29, 0.717) is 28.4 Å². The molecule has 0 atom stereocenters. The zero-order chi connectivity index (χ0) is 15.1. The van der Waals surface area contributed by atoms with Crippen LogP contribution in [0.3, 0.4) is 0 Å². The molecule has 0 spiro atoms. The molecule has 3 rings (SSSR count). The van der Waals surface area contributed by atoms with Gasteiger partial charge in [0.25, 0.3) is 0 Å². The molecule has 0 fully saturated rings. The van der Waals surface area contributed by atoms with Gasteiger partial charge in [0.15, 0.2) is 11.5 Å². The fraction of sp³-hybridized carbons (Fsp3) is 0.250. The summed E-state index contributed by atoms with van der Waals surface area (Å²) in [6.45, 7) is 3.53. The van der Waals surface area contributed by atoms with Gasteiger partial charge < -0.3 is 5.11 Å². The summed E-state index contributed by atoms with van der Waals surface area (Å²) in [5, 5.41) is 19.4. The van der Waals surface area contributed by atoms with E-state index in [1.807, 2.05) is 0 Å². The monoisotopic (exact) mass is 288 g/mol. The van der Waals surface area contributed by atoms with Gasteiger partial charge in [-0.15, -0.1) is 0 Å². The first-order chi connectivity index (χ1) is 9.97. The average Bonchev–Trinajstić information content (AvgIpc) is 2.93. The molecular weight excluding hydrogens is 276 g/mol. The van der Waals surface area contributed by atoms with Crippen molar-refractivity contribution in [2.24, 2.45) is 0 Å². The van der Waals surface area contributed by atoms with E-state index in [4.69, 9.17) is 5.11 Å². The van der Waals surface area contributed by atoms with E-state index in [2.05, 4.69) is 20.3 Å². The van der Waals surface area contributed by atoms with Crippen molar-refractivity contribution in [1.82, 2.24) is 29.4 Å². The number of aromatic amines is 1. The molecule has 0 saturated carbocycles. The molecule has 0 bridgehead atoms. The van der Waals surface area contributed by atoms with Crippen LogP contribution in [0.1, 0.15) is 17.0 Å². The number of aliphatic carboxylic acids is 1. The third-order valence-electron chi connectivity index (χ3n) is 3.28. The Bertz CT molecular complexity index is 903. The molecule has 108 valence electrons. The fourth-order valence-corrected chi connectivity index (χ4v) is 2.22. The average molecular weight is 288 g/mol. The van der Waals surface area contributed by atoms with Crippen molar-refractivity contribution < 1.29 is 9.90 Å². The minimum Gasteiger partial charge on any atom is -0.481 e. The Balaban J connectivity index is 2.14. The molecular formula is C12H12N6O3. The molecule has 2 N–H and O–H groups in total. The summed E-state index contributed by atoms with van der Waals surface area (Å²) in [6, 6.07) is 1.60. The summed E-state index contributed by atoms with van der Waals surface area (Å²) < 4.78 is 2.82. The minimum absolute atomic E-state index is 0.0955. The second-order valence-electron chi connectivity index (χ2n) is 4.64. The summed E-state index contributed by atoms with van der Waals surface area (Å²) in [5.74, 6) is -0.443. The van der Waals surface area contributed by atoms with Gasteiger partial charge in [0.2, 0.25) is 0 Å². The number of nitrogens with zero attached hydrogens (tertiary/aromatic N) is 5. The largest absolute Gasteiger partial charge is 0.481 e. The second-order valence-corrected chi connectivity index (χ2v) is 4.64. The van der Waals surface area contributed by atoms with Crippen LogP contribution in [-0.4, -0.2) is 40.4 Å². The molecule has 21 heavy (non-hydrogen) atoms. The first-order valence-electron chi connectivity index (χ1n) is 6.17. The number of rotatable bonds is 3. The predicted octanol–water partition coefficient (Wildman–Crippen LogP) is -0.153. The third-order valence-corrected chi connectivity index (χ3v) is 3.28. The highest BCUT2D eigenvalue weighted by atomic mass is 16.4. The Kier molecular flexibility index (Phi) is 2.82. The summed E-state index contributed by atoms with van der Waals surface area (Å²) in [4.78, 5) is 26.4. The SMILES string of the molecule is Cc1nn(-c2cc3n[nH]c(=O)n3cn2)c(C)c1CC(=O)O. The zero-order valence-electron chi connectivity index (χ0n) is 11.4. The van der Waals surface area contributed by atoms with Gasteiger partial charge in [-0.1, -0.05) is 0 Å². The standard InChI is InChI=1S/C12H12N6O3/c1-6-8(3-11(19)20)7(2)18(16-6)9-4-10-14-15-12(21)17(10)5-13-9/h4-5H,3H2,1-2H3,(H,15,21)(H,19,20). The van der Waals surface area contributed by atoms with Crippen LogP contribution in [0.15, 0.2) is 17.2 Å². The van der Waals surface area contributed by atoms with Crippen LogP contribution < -0.4 is 5.69 Å². The lowest BCUT2D eigenvalue weighted by Crippen LogP contribution is -2.11. The number of carboxylic acids is 1. The number of hydrogen-bond acceptors (Lipinski definition) is 5. The maximum absolute atomic E-state index is 11.4. The Morgan fingerprint density at radius 2 is 2.19 bits per heavy atom. The molecule has 3 aromatic heterocycles. The number of H-pyrrole nitrogens is 1. The van der Waals surface area contributed by atoms with Crippen LogP contribution in [0.2, 0.25) is 0 Å². The second kappa shape index (κ2) is 4.54. The van der Waals surface area contributed by atoms with E-state index < -0.39 is 5.97 Å². The highest BCUT2D eigenvalue weighted by Gasteiger charge is 2.16. The summed E-state index contributed by atoms with van der Waals surface area (Å²) in [7, 11) is 0. The van der Waals surface area contributed by atoms with Crippen molar-refractivity contribution in [2.75, 3.05) is 0 Å². The van der Waals surface area contributed by atoms with Gasteiger partial charge in [-0.3, -0.25) is 4.79 Å². The molecule has 0 radical (unpaired) electrons. The van der Waals surface area contributed by atoms with Gasteiger partial charge in [0.1, 0.15) is 6.33 Å². The Morgan fingerprint density at radius 1 is 1.43 bits per heavy atom. The van der Waals surface area contributed by atoms with Gasteiger partial charge in [-0.25, -0.2) is 24.0 Å². The number of aryl methyl sites for hydroxylation is 1. The van der Waals surface area contributed by atoms with E-state index >= 15 is 0 Å². The van der Waals surface area contributed by atoms with Gasteiger partial charge in [-0.2, -0.15) is 10.2 Å². The quantitative estimate of drug-likeness (QED) is 0.691. The zero-order valence-corrected chi connectivity index (χ0v) is 11.4. The molecule has 9 heteroatoms. The molecule has 3 heterocycles. The van der Waals surface area contributed by atoms with E-state index in [1.54, 1.807) is 24.6 Å². The first-order valence-corrected chi connectivity index (χ1v) is 6.17. The van der Waals surface area contributed by atoms with E-state index in [1.165, 1.54) is 10.7 Å². The molecule has 0 unspecified atom stereocenters. The molecule has 0 aliphatic rings. The van der Waals surface area contributed by atoms with Crippen molar-refractivity contribution in [2.45, 2.75) is 20.3 Å². The number of nitrogens with one attached hydrogen (secondary N) is 1. The van der Waals surface area contributed by atoms with Gasteiger partial charge in [0.05, 0.1) is 12.1 Å². The molecule has 0 amide bonds. The van der Waals surface area contributed by atoms with E-state index in [9.17, 15) is 9.59 Å². The van der Waals surface area contributed by atoms with Crippen molar-refractivity contribution in [3.8, 4) is 5.82 Å². The molecule has 9 nitrogen and oxygen atoms in total. The Morgan fingerprint density at radius 3 is 2.90 bits per heavy atom. The van der Waals surface area contributed by atoms with Gasteiger partial charge >= 0.3 is 11.7 Å². The van der Waals surface area contributed by atoms with Crippen LogP contribution in [0.25, 0.3) is 11.5 Å². The number of carbonyl (C=O) groups is 1. The first kappa shape index (κ1) is 13.0. The predicted molar refractivity (Wildman–Crippen MR) is 71.5 cm³/mol. The van der Waals surface area contributed by atoms with E-state index in [0.717, 1.165) is 0 Å². The highest BCUT2D eigenvalue weighted by Crippen LogP contribution is 2.17. The lowest BCUT2D eigenvalue weighted by Gasteiger charge is -2.03. The fourth-order valence-electron chi connectivity index (χ4n) is 2.22. The van der Waals surface area contributed by atoms with Crippen molar-refractivity contribution in [3.63, 3.8) is 0 Å². The van der Waals surface area contributed by atoms with Crippen molar-refractivity contribution in [3.05, 3.63) is 39.8 Å². The maximum Gasteiger partial charge on any atom is 0.348 e. The molecule has 0 aliphatic heterocycles. The number of hydrogen-bond donors (Lipinski definition) is 2. The Hall–Kier alpha value is -2.97. The summed E-state index contributed by atoms with van der Waals surface area (Å²) >= 11 is 0. The summed E-state index contributed by atoms with van der Waals surface area (Å²) in [6.07, 6.45) is 1.26. The normalized spacial score (nSPS) is 11.1. The van der Waals surface area contributed by atoms with Crippen LogP contribution in [0.5, 0.6) is 0 Å².